The molecule has 0 saturated heterocycles. The number of rotatable bonds is 19. The van der Waals surface area contributed by atoms with Crippen molar-refractivity contribution in [3.8, 4) is 0 Å². The zero-order chi connectivity index (χ0) is 18.8. The van der Waals surface area contributed by atoms with E-state index in [1.807, 2.05) is 0 Å². The van der Waals surface area contributed by atoms with Crippen LogP contribution in [0.25, 0.3) is 0 Å². The third-order valence-corrected chi connectivity index (χ3v) is 3.63. The van der Waals surface area contributed by atoms with Crippen LogP contribution >= 0.6 is 0 Å². The number of unbranched alkanes of at least 4 members (excludes halogenated alkanes) is 8. The van der Waals surface area contributed by atoms with Crippen molar-refractivity contribution in [3.05, 3.63) is 0 Å². The fourth-order valence-electron chi connectivity index (χ4n) is 2.17. The van der Waals surface area contributed by atoms with Crippen LogP contribution in [0.1, 0.15) is 78.1 Å². The van der Waals surface area contributed by atoms with Crippen molar-refractivity contribution in [2.75, 3.05) is 52.9 Å². The fraction of sp³-hybridized carbons (Fsp3) is 1.00. The van der Waals surface area contributed by atoms with Crippen LogP contribution in [0, 0.1) is 0 Å². The van der Waals surface area contributed by atoms with Crippen LogP contribution in [0.3, 0.4) is 0 Å². The first-order valence-corrected chi connectivity index (χ1v) is 10.3. The second-order valence-corrected chi connectivity index (χ2v) is 6.11. The van der Waals surface area contributed by atoms with Crippen LogP contribution in [-0.2, 0) is 14.2 Å². The molecule has 0 aromatic heterocycles. The highest BCUT2D eigenvalue weighted by Crippen LogP contribution is 2.04. The SMILES string of the molecule is CCCCCCCOCCCCCCC.OCCOCCOCCO. The van der Waals surface area contributed by atoms with Gasteiger partial charge in [-0.25, -0.2) is 0 Å². The monoisotopic (exact) mass is 364 g/mol. The molecule has 0 aromatic carbocycles. The van der Waals surface area contributed by atoms with Crippen LogP contribution in [-0.4, -0.2) is 63.1 Å². The summed E-state index contributed by atoms with van der Waals surface area (Å²) < 4.78 is 15.3. The van der Waals surface area contributed by atoms with Crippen molar-refractivity contribution in [1.82, 2.24) is 0 Å². The minimum atomic E-state index is 0.0417. The minimum Gasteiger partial charge on any atom is -0.394 e. The van der Waals surface area contributed by atoms with E-state index in [9.17, 15) is 0 Å². The van der Waals surface area contributed by atoms with Gasteiger partial charge in [-0.1, -0.05) is 65.2 Å². The van der Waals surface area contributed by atoms with Crippen molar-refractivity contribution < 1.29 is 24.4 Å². The molecule has 0 aliphatic heterocycles. The lowest BCUT2D eigenvalue weighted by atomic mass is 10.1. The normalized spacial score (nSPS) is 10.6. The molecule has 5 nitrogen and oxygen atoms in total. The first-order valence-electron chi connectivity index (χ1n) is 10.3. The maximum Gasteiger partial charge on any atom is 0.0701 e. The van der Waals surface area contributed by atoms with Gasteiger partial charge in [0.05, 0.1) is 39.6 Å². The van der Waals surface area contributed by atoms with Crippen LogP contribution < -0.4 is 0 Å². The van der Waals surface area contributed by atoms with E-state index in [0.717, 1.165) is 13.2 Å². The van der Waals surface area contributed by atoms with Gasteiger partial charge in [-0.05, 0) is 12.8 Å². The molecule has 0 amide bonds. The molecule has 0 aliphatic carbocycles. The van der Waals surface area contributed by atoms with Gasteiger partial charge in [0.2, 0.25) is 0 Å². The lowest BCUT2D eigenvalue weighted by Gasteiger charge is -2.03. The van der Waals surface area contributed by atoms with Gasteiger partial charge in [-0.2, -0.15) is 0 Å². The molecule has 0 bridgehead atoms. The highest BCUT2D eigenvalue weighted by molar-refractivity contribution is 4.44. The lowest BCUT2D eigenvalue weighted by Crippen LogP contribution is -2.09. The molecule has 154 valence electrons. The molecule has 0 atom stereocenters. The third kappa shape index (κ3) is 32.0. The number of hydrogen-bond acceptors (Lipinski definition) is 5. The molecule has 5 heteroatoms. The van der Waals surface area contributed by atoms with E-state index in [1.54, 1.807) is 0 Å². The molecule has 0 radical (unpaired) electrons. The van der Waals surface area contributed by atoms with E-state index in [0.29, 0.717) is 26.4 Å². The lowest BCUT2D eigenvalue weighted by molar-refractivity contribution is 0.0222. The Bertz CT molecular complexity index is 183. The van der Waals surface area contributed by atoms with Crippen LogP contribution in [0.4, 0.5) is 0 Å². The summed E-state index contributed by atoms with van der Waals surface area (Å²) in [7, 11) is 0. The summed E-state index contributed by atoms with van der Waals surface area (Å²) in [6.07, 6.45) is 13.4. The molecule has 25 heavy (non-hydrogen) atoms. The van der Waals surface area contributed by atoms with Crippen LogP contribution in [0.2, 0.25) is 0 Å². The molecule has 0 heterocycles. The number of aliphatic hydroxyl groups excluding tert-OH is 2. The van der Waals surface area contributed by atoms with Gasteiger partial charge in [0.25, 0.3) is 0 Å². The first kappa shape index (κ1) is 27.0. The Balaban J connectivity index is 0. The van der Waals surface area contributed by atoms with Gasteiger partial charge in [0, 0.05) is 13.2 Å². The second kappa shape index (κ2) is 28.6. The zero-order valence-electron chi connectivity index (χ0n) is 16.8. The van der Waals surface area contributed by atoms with Crippen LogP contribution in [0.5, 0.6) is 0 Å². The Morgan fingerprint density at radius 2 is 0.800 bits per heavy atom. The summed E-state index contributed by atoms with van der Waals surface area (Å²) in [5.74, 6) is 0. The molecular weight excluding hydrogens is 320 g/mol. The maximum atomic E-state index is 8.26. The third-order valence-electron chi connectivity index (χ3n) is 3.63. The minimum absolute atomic E-state index is 0.0417. The Morgan fingerprint density at radius 1 is 0.440 bits per heavy atom. The van der Waals surface area contributed by atoms with Crippen molar-refractivity contribution in [2.24, 2.45) is 0 Å². The molecule has 0 spiro atoms. The Labute approximate surface area is 156 Å². The van der Waals surface area contributed by atoms with Gasteiger partial charge in [-0.3, -0.25) is 0 Å². The molecular formula is C20H44O5. The van der Waals surface area contributed by atoms with Crippen LogP contribution in [0.15, 0.2) is 0 Å². The smallest absolute Gasteiger partial charge is 0.0701 e. The average Bonchev–Trinajstić information content (AvgIpc) is 2.63. The van der Waals surface area contributed by atoms with Crippen molar-refractivity contribution in [2.45, 2.75) is 78.1 Å². The molecule has 0 aromatic rings. The molecule has 2 N–H and O–H groups in total. The maximum absolute atomic E-state index is 8.26. The van der Waals surface area contributed by atoms with Crippen molar-refractivity contribution in [1.29, 1.82) is 0 Å². The van der Waals surface area contributed by atoms with E-state index in [2.05, 4.69) is 13.8 Å². The highest BCUT2D eigenvalue weighted by Gasteiger charge is 1.91. The van der Waals surface area contributed by atoms with E-state index < -0.39 is 0 Å². The summed E-state index contributed by atoms with van der Waals surface area (Å²) in [4.78, 5) is 0. The predicted octanol–water partition coefficient (Wildman–Crippen LogP) is 3.95. The Morgan fingerprint density at radius 3 is 1.16 bits per heavy atom. The summed E-state index contributed by atoms with van der Waals surface area (Å²) in [5.41, 5.74) is 0. The van der Waals surface area contributed by atoms with Gasteiger partial charge >= 0.3 is 0 Å². The molecule has 0 rings (SSSR count). The van der Waals surface area contributed by atoms with E-state index in [-0.39, 0.29) is 13.2 Å². The Hall–Kier alpha value is -0.200. The molecule has 0 fully saturated rings. The second-order valence-electron chi connectivity index (χ2n) is 6.11. The average molecular weight is 365 g/mol. The van der Waals surface area contributed by atoms with Gasteiger partial charge in [-0.15, -0.1) is 0 Å². The van der Waals surface area contributed by atoms with Crippen molar-refractivity contribution >= 4 is 0 Å². The van der Waals surface area contributed by atoms with E-state index >= 15 is 0 Å². The van der Waals surface area contributed by atoms with Gasteiger partial charge in [0.1, 0.15) is 0 Å². The molecule has 0 saturated carbocycles. The largest absolute Gasteiger partial charge is 0.394 e. The zero-order valence-corrected chi connectivity index (χ0v) is 16.8. The number of aliphatic hydroxyl groups is 2. The summed E-state index contributed by atoms with van der Waals surface area (Å²) in [6, 6.07) is 0. The topological polar surface area (TPSA) is 68.2 Å². The highest BCUT2D eigenvalue weighted by atomic mass is 16.5. The molecule has 0 aliphatic rings. The quantitative estimate of drug-likeness (QED) is 0.340. The van der Waals surface area contributed by atoms with E-state index in [4.69, 9.17) is 24.4 Å². The summed E-state index contributed by atoms with van der Waals surface area (Å²) >= 11 is 0. The van der Waals surface area contributed by atoms with E-state index in [1.165, 1.54) is 64.2 Å². The summed E-state index contributed by atoms with van der Waals surface area (Å²) in [6.45, 7) is 8.21. The fourth-order valence-corrected chi connectivity index (χ4v) is 2.17. The number of hydrogen-bond donors (Lipinski definition) is 2. The van der Waals surface area contributed by atoms with Gasteiger partial charge < -0.3 is 24.4 Å². The van der Waals surface area contributed by atoms with Crippen molar-refractivity contribution in [3.63, 3.8) is 0 Å². The Kier molecular flexibility index (Phi) is 30.9. The first-order chi connectivity index (χ1) is 12.3. The predicted molar refractivity (Wildman–Crippen MR) is 104 cm³/mol. The van der Waals surface area contributed by atoms with Gasteiger partial charge in [0.15, 0.2) is 0 Å². The molecule has 0 unspecified atom stereocenters. The standard InChI is InChI=1S/C14H30O.C6H14O4/c1-3-5-7-9-11-13-15-14-12-10-8-6-4-2;7-1-3-9-5-6-10-4-2-8/h3-14H2,1-2H3;7-8H,1-6H2. The number of ether oxygens (including phenoxy) is 3. The summed E-state index contributed by atoms with van der Waals surface area (Å²) in [5, 5.41) is 16.5.